The highest BCUT2D eigenvalue weighted by Crippen LogP contribution is 2.26. The number of amides is 1. The Labute approximate surface area is 164 Å². The molecule has 0 unspecified atom stereocenters. The molecule has 1 aliphatic carbocycles. The van der Waals surface area contributed by atoms with Gasteiger partial charge in [-0.2, -0.15) is 0 Å². The molecule has 0 radical (unpaired) electrons. The van der Waals surface area contributed by atoms with Crippen molar-refractivity contribution in [2.45, 2.75) is 61.7 Å². The molecule has 156 valence electrons. The molecule has 0 bridgehead atoms. The van der Waals surface area contributed by atoms with Crippen molar-refractivity contribution in [1.29, 1.82) is 0 Å². The maximum absolute atomic E-state index is 13.3. The molecule has 9 heteroatoms. The van der Waals surface area contributed by atoms with Crippen molar-refractivity contribution in [1.82, 2.24) is 10.0 Å². The predicted molar refractivity (Wildman–Crippen MR) is 100 cm³/mol. The van der Waals surface area contributed by atoms with Gasteiger partial charge in [-0.3, -0.25) is 4.79 Å². The zero-order valence-corrected chi connectivity index (χ0v) is 16.5. The number of rotatable bonds is 8. The number of hydrogen-bond acceptors (Lipinski definition) is 5. The van der Waals surface area contributed by atoms with E-state index in [2.05, 4.69) is 10.0 Å². The summed E-state index contributed by atoms with van der Waals surface area (Å²) in [6.45, 7) is 0.166. The zero-order chi connectivity index (χ0) is 20.1. The van der Waals surface area contributed by atoms with Gasteiger partial charge in [-0.1, -0.05) is 12.5 Å². The Hall–Kier alpha value is -1.55. The fourth-order valence-electron chi connectivity index (χ4n) is 3.55. The molecule has 1 aliphatic heterocycles. The second kappa shape index (κ2) is 9.30. The quantitative estimate of drug-likeness (QED) is 0.595. The highest BCUT2D eigenvalue weighted by Gasteiger charge is 2.34. The number of halogens is 1. The third kappa shape index (κ3) is 5.28. The number of sulfonamides is 1. The topological polar surface area (TPSA) is 105 Å². The number of aliphatic hydroxyl groups is 1. The molecule has 0 spiro atoms. The van der Waals surface area contributed by atoms with Crippen molar-refractivity contribution < 1.29 is 27.4 Å². The molecule has 1 saturated carbocycles. The Balaban J connectivity index is 1.50. The average Bonchev–Trinajstić information content (AvgIpc) is 2.61. The van der Waals surface area contributed by atoms with Crippen LogP contribution in [0.5, 0.6) is 0 Å². The van der Waals surface area contributed by atoms with Crippen LogP contribution in [0, 0.1) is 11.7 Å². The monoisotopic (exact) mass is 414 g/mol. The molecule has 1 aromatic carbocycles. The molecule has 28 heavy (non-hydrogen) atoms. The number of carbonyl (C=O) groups is 1. The lowest BCUT2D eigenvalue weighted by molar-refractivity contribution is -0.127. The first-order chi connectivity index (χ1) is 13.4. The lowest BCUT2D eigenvalue weighted by Gasteiger charge is -2.36. The van der Waals surface area contributed by atoms with Crippen molar-refractivity contribution in [2.75, 3.05) is 13.2 Å². The largest absolute Gasteiger partial charge is 0.394 e. The van der Waals surface area contributed by atoms with Crippen LogP contribution in [-0.4, -0.2) is 50.8 Å². The number of nitrogens with one attached hydrogen (secondary N) is 2. The van der Waals surface area contributed by atoms with Crippen LogP contribution in [0.25, 0.3) is 0 Å². The van der Waals surface area contributed by atoms with Crippen LogP contribution in [0.4, 0.5) is 4.39 Å². The predicted octanol–water partition coefficient (Wildman–Crippen LogP) is 1.32. The summed E-state index contributed by atoms with van der Waals surface area (Å²) in [5, 5.41) is 12.5. The average molecular weight is 414 g/mol. The molecule has 3 N–H and O–H groups in total. The molecule has 1 saturated heterocycles. The lowest BCUT2D eigenvalue weighted by Crippen LogP contribution is -2.51. The van der Waals surface area contributed by atoms with E-state index in [4.69, 9.17) is 4.74 Å². The molecule has 2 fully saturated rings. The van der Waals surface area contributed by atoms with Gasteiger partial charge in [-0.15, -0.1) is 0 Å². The minimum absolute atomic E-state index is 0.0847. The van der Waals surface area contributed by atoms with Gasteiger partial charge in [-0.05, 0) is 50.3 Å². The standard InChI is InChI=1S/C19H27FN2O5S/c20-14-5-2-6-16(11-14)28(25,26)22-17-8-7-15(27-18(17)12-23)9-10-21-19(24)13-3-1-4-13/h2,5-6,11,13,15,17-18,22-23H,1,3-4,7-10,12H2,(H,21,24)/t15-,17+,18+/m1/s1. The van der Waals surface area contributed by atoms with E-state index in [1.807, 2.05) is 0 Å². The van der Waals surface area contributed by atoms with Crippen molar-refractivity contribution in [3.8, 4) is 0 Å². The minimum atomic E-state index is -3.92. The molecular weight excluding hydrogens is 387 g/mol. The van der Waals surface area contributed by atoms with Crippen LogP contribution in [0.3, 0.4) is 0 Å². The Bertz CT molecular complexity index is 784. The van der Waals surface area contributed by atoms with Crippen molar-refractivity contribution in [2.24, 2.45) is 5.92 Å². The first kappa shape index (κ1) is 21.2. The number of hydrogen-bond donors (Lipinski definition) is 3. The first-order valence-corrected chi connectivity index (χ1v) is 11.2. The van der Waals surface area contributed by atoms with Gasteiger partial charge < -0.3 is 15.2 Å². The lowest BCUT2D eigenvalue weighted by atomic mass is 9.85. The van der Waals surface area contributed by atoms with Gasteiger partial charge in [-0.25, -0.2) is 17.5 Å². The second-order valence-electron chi connectivity index (χ2n) is 7.45. The molecule has 1 amide bonds. The highest BCUT2D eigenvalue weighted by molar-refractivity contribution is 7.89. The summed E-state index contributed by atoms with van der Waals surface area (Å²) in [5.74, 6) is -0.411. The van der Waals surface area contributed by atoms with Gasteiger partial charge in [0.15, 0.2) is 0 Å². The van der Waals surface area contributed by atoms with E-state index in [1.54, 1.807) is 0 Å². The van der Waals surface area contributed by atoms with Crippen molar-refractivity contribution in [3.05, 3.63) is 30.1 Å². The molecule has 1 heterocycles. The summed E-state index contributed by atoms with van der Waals surface area (Å²) in [6.07, 6.45) is 3.86. The van der Waals surface area contributed by atoms with Crippen LogP contribution in [0.15, 0.2) is 29.2 Å². The third-order valence-electron chi connectivity index (χ3n) is 5.45. The number of carbonyl (C=O) groups excluding carboxylic acids is 1. The van der Waals surface area contributed by atoms with Gasteiger partial charge >= 0.3 is 0 Å². The Kier molecular flexibility index (Phi) is 7.03. The second-order valence-corrected chi connectivity index (χ2v) is 9.16. The summed E-state index contributed by atoms with van der Waals surface area (Å²) in [7, 11) is -3.92. The maximum Gasteiger partial charge on any atom is 0.241 e. The summed E-state index contributed by atoms with van der Waals surface area (Å²) < 4.78 is 46.6. The van der Waals surface area contributed by atoms with Gasteiger partial charge in [0.25, 0.3) is 0 Å². The van der Waals surface area contributed by atoms with E-state index in [9.17, 15) is 22.7 Å². The summed E-state index contributed by atoms with van der Waals surface area (Å²) >= 11 is 0. The van der Waals surface area contributed by atoms with E-state index >= 15 is 0 Å². The van der Waals surface area contributed by atoms with E-state index < -0.39 is 28.0 Å². The van der Waals surface area contributed by atoms with Crippen LogP contribution >= 0.6 is 0 Å². The van der Waals surface area contributed by atoms with Gasteiger partial charge in [0.2, 0.25) is 15.9 Å². The summed E-state index contributed by atoms with van der Waals surface area (Å²) in [5.41, 5.74) is 0. The molecule has 0 aromatic heterocycles. The van der Waals surface area contributed by atoms with Crippen LogP contribution < -0.4 is 10.0 Å². The fraction of sp³-hybridized carbons (Fsp3) is 0.632. The molecule has 3 rings (SSSR count). The smallest absolute Gasteiger partial charge is 0.241 e. The Morgan fingerprint density at radius 1 is 1.25 bits per heavy atom. The fourth-order valence-corrected chi connectivity index (χ4v) is 4.88. The van der Waals surface area contributed by atoms with Crippen molar-refractivity contribution in [3.63, 3.8) is 0 Å². The molecular formula is C19H27FN2O5S. The van der Waals surface area contributed by atoms with Gasteiger partial charge in [0.1, 0.15) is 5.82 Å². The number of benzene rings is 1. The molecule has 1 aromatic rings. The van der Waals surface area contributed by atoms with Gasteiger partial charge in [0.05, 0.1) is 29.8 Å². The van der Waals surface area contributed by atoms with E-state index in [0.717, 1.165) is 25.3 Å². The molecule has 2 aliphatic rings. The van der Waals surface area contributed by atoms with Crippen LogP contribution in [-0.2, 0) is 19.6 Å². The van der Waals surface area contributed by atoms with E-state index in [0.29, 0.717) is 25.8 Å². The van der Waals surface area contributed by atoms with Crippen molar-refractivity contribution >= 4 is 15.9 Å². The summed E-state index contributed by atoms with van der Waals surface area (Å²) in [4.78, 5) is 11.7. The van der Waals surface area contributed by atoms with E-state index in [-0.39, 0.29) is 29.4 Å². The minimum Gasteiger partial charge on any atom is -0.394 e. The van der Waals surface area contributed by atoms with E-state index in [1.165, 1.54) is 18.2 Å². The molecule has 3 atom stereocenters. The van der Waals surface area contributed by atoms with Gasteiger partial charge in [0, 0.05) is 12.5 Å². The maximum atomic E-state index is 13.3. The first-order valence-electron chi connectivity index (χ1n) is 9.71. The zero-order valence-electron chi connectivity index (χ0n) is 15.6. The Morgan fingerprint density at radius 3 is 2.68 bits per heavy atom. The highest BCUT2D eigenvalue weighted by atomic mass is 32.2. The Morgan fingerprint density at radius 2 is 2.04 bits per heavy atom. The number of aliphatic hydroxyl groups excluding tert-OH is 1. The summed E-state index contributed by atoms with van der Waals surface area (Å²) in [6, 6.07) is 4.18. The SMILES string of the molecule is O=C(NCC[C@H]1CC[C@H](NS(=O)(=O)c2cccc(F)c2)[C@H](CO)O1)C1CCC1. The normalized spacial score (nSPS) is 25.9. The van der Waals surface area contributed by atoms with Crippen LogP contribution in [0.1, 0.15) is 38.5 Å². The number of ether oxygens (including phenoxy) is 1. The molecule has 7 nitrogen and oxygen atoms in total. The third-order valence-corrected chi connectivity index (χ3v) is 6.94. The van der Waals surface area contributed by atoms with Crippen LogP contribution in [0.2, 0.25) is 0 Å².